The number of ether oxygens (including phenoxy) is 2. The van der Waals surface area contributed by atoms with Gasteiger partial charge in [0.25, 0.3) is 0 Å². The summed E-state index contributed by atoms with van der Waals surface area (Å²) >= 11 is 0. The van der Waals surface area contributed by atoms with Crippen LogP contribution in [-0.2, 0) is 6.42 Å². The van der Waals surface area contributed by atoms with Gasteiger partial charge in [-0.05, 0) is 20.3 Å². The number of hydrogen-bond donors (Lipinski definition) is 1. The summed E-state index contributed by atoms with van der Waals surface area (Å²) in [6.45, 7) is 7.44. The van der Waals surface area contributed by atoms with E-state index in [2.05, 4.69) is 12.2 Å². The standard InChI is InChI=1S/C13H21NO2/c1-5-11-12(15-6-2)8-10(14-4)9-13(11)16-7-3/h8-9,14H,5-7H2,1-4H3. The van der Waals surface area contributed by atoms with Crippen LogP contribution in [0, 0.1) is 0 Å². The molecular weight excluding hydrogens is 202 g/mol. The van der Waals surface area contributed by atoms with E-state index in [4.69, 9.17) is 9.47 Å². The fourth-order valence-corrected chi connectivity index (χ4v) is 1.68. The maximum Gasteiger partial charge on any atom is 0.128 e. The lowest BCUT2D eigenvalue weighted by Gasteiger charge is -2.16. The first-order valence-corrected chi connectivity index (χ1v) is 5.87. The molecule has 1 aromatic carbocycles. The van der Waals surface area contributed by atoms with Crippen LogP contribution in [0.4, 0.5) is 5.69 Å². The van der Waals surface area contributed by atoms with Crippen molar-refractivity contribution in [3.8, 4) is 11.5 Å². The van der Waals surface area contributed by atoms with Crippen molar-refractivity contribution in [2.45, 2.75) is 27.2 Å². The molecule has 0 aliphatic rings. The van der Waals surface area contributed by atoms with Gasteiger partial charge >= 0.3 is 0 Å². The second kappa shape index (κ2) is 6.26. The molecule has 0 radical (unpaired) electrons. The van der Waals surface area contributed by atoms with Crippen molar-refractivity contribution in [1.82, 2.24) is 0 Å². The average Bonchev–Trinajstić information content (AvgIpc) is 2.29. The summed E-state index contributed by atoms with van der Waals surface area (Å²) in [5, 5.41) is 3.12. The SMILES string of the molecule is CCOc1cc(NC)cc(OCC)c1CC. The molecular formula is C13H21NO2. The van der Waals surface area contributed by atoms with E-state index in [1.807, 2.05) is 33.0 Å². The van der Waals surface area contributed by atoms with E-state index in [0.29, 0.717) is 13.2 Å². The van der Waals surface area contributed by atoms with Gasteiger partial charge in [0.15, 0.2) is 0 Å². The van der Waals surface area contributed by atoms with E-state index in [1.54, 1.807) is 0 Å². The highest BCUT2D eigenvalue weighted by molar-refractivity contribution is 5.58. The van der Waals surface area contributed by atoms with Gasteiger partial charge in [-0.1, -0.05) is 6.92 Å². The molecule has 0 aliphatic heterocycles. The highest BCUT2D eigenvalue weighted by atomic mass is 16.5. The number of anilines is 1. The number of nitrogens with one attached hydrogen (secondary N) is 1. The monoisotopic (exact) mass is 223 g/mol. The van der Waals surface area contributed by atoms with Gasteiger partial charge in [0.05, 0.1) is 13.2 Å². The van der Waals surface area contributed by atoms with E-state index in [9.17, 15) is 0 Å². The Hall–Kier alpha value is -1.38. The minimum atomic E-state index is 0.672. The molecule has 3 heteroatoms. The first-order chi connectivity index (χ1) is 7.76. The Morgan fingerprint density at radius 1 is 1.00 bits per heavy atom. The van der Waals surface area contributed by atoms with Gasteiger partial charge in [-0.3, -0.25) is 0 Å². The fraction of sp³-hybridized carbons (Fsp3) is 0.538. The molecule has 0 amide bonds. The molecule has 0 aromatic heterocycles. The molecule has 1 N–H and O–H groups in total. The van der Waals surface area contributed by atoms with E-state index in [0.717, 1.165) is 29.2 Å². The number of hydrogen-bond acceptors (Lipinski definition) is 3. The summed E-state index contributed by atoms with van der Waals surface area (Å²) in [4.78, 5) is 0. The molecule has 0 bridgehead atoms. The van der Waals surface area contributed by atoms with Crippen LogP contribution in [0.25, 0.3) is 0 Å². The summed E-state index contributed by atoms with van der Waals surface area (Å²) in [7, 11) is 1.90. The lowest BCUT2D eigenvalue weighted by Crippen LogP contribution is -2.02. The maximum atomic E-state index is 5.64. The predicted octanol–water partition coefficient (Wildman–Crippen LogP) is 3.09. The van der Waals surface area contributed by atoms with Gasteiger partial charge in [-0.2, -0.15) is 0 Å². The first-order valence-electron chi connectivity index (χ1n) is 5.87. The maximum absolute atomic E-state index is 5.64. The van der Waals surface area contributed by atoms with Crippen LogP contribution >= 0.6 is 0 Å². The Morgan fingerprint density at radius 2 is 1.50 bits per heavy atom. The minimum absolute atomic E-state index is 0.672. The zero-order valence-electron chi connectivity index (χ0n) is 10.6. The zero-order valence-corrected chi connectivity index (χ0v) is 10.6. The smallest absolute Gasteiger partial charge is 0.128 e. The van der Waals surface area contributed by atoms with E-state index in [-0.39, 0.29) is 0 Å². The third-order valence-electron chi connectivity index (χ3n) is 2.41. The first kappa shape index (κ1) is 12.7. The van der Waals surface area contributed by atoms with Crippen LogP contribution in [0.15, 0.2) is 12.1 Å². The Morgan fingerprint density at radius 3 is 1.81 bits per heavy atom. The zero-order chi connectivity index (χ0) is 12.0. The predicted molar refractivity (Wildman–Crippen MR) is 67.7 cm³/mol. The van der Waals surface area contributed by atoms with Crippen LogP contribution in [0.1, 0.15) is 26.3 Å². The van der Waals surface area contributed by atoms with E-state index >= 15 is 0 Å². The highest BCUT2D eigenvalue weighted by Crippen LogP contribution is 2.33. The molecule has 0 unspecified atom stereocenters. The van der Waals surface area contributed by atoms with Crippen molar-refractivity contribution in [3.63, 3.8) is 0 Å². The Bertz CT molecular complexity index is 310. The van der Waals surface area contributed by atoms with E-state index < -0.39 is 0 Å². The average molecular weight is 223 g/mol. The van der Waals surface area contributed by atoms with Crippen molar-refractivity contribution in [3.05, 3.63) is 17.7 Å². The molecule has 0 fully saturated rings. The highest BCUT2D eigenvalue weighted by Gasteiger charge is 2.11. The molecule has 1 rings (SSSR count). The quantitative estimate of drug-likeness (QED) is 0.804. The Balaban J connectivity index is 3.16. The van der Waals surface area contributed by atoms with Crippen molar-refractivity contribution >= 4 is 5.69 Å². The topological polar surface area (TPSA) is 30.5 Å². The molecule has 0 saturated carbocycles. The molecule has 16 heavy (non-hydrogen) atoms. The van der Waals surface area contributed by atoms with Crippen molar-refractivity contribution in [1.29, 1.82) is 0 Å². The summed E-state index contributed by atoms with van der Waals surface area (Å²) in [5.41, 5.74) is 2.16. The summed E-state index contributed by atoms with van der Waals surface area (Å²) in [6.07, 6.45) is 0.911. The van der Waals surface area contributed by atoms with Gasteiger partial charge in [0.2, 0.25) is 0 Å². The van der Waals surface area contributed by atoms with Crippen LogP contribution in [0.3, 0.4) is 0 Å². The van der Waals surface area contributed by atoms with Gasteiger partial charge in [0, 0.05) is 30.4 Å². The molecule has 90 valence electrons. The van der Waals surface area contributed by atoms with Crippen molar-refractivity contribution in [2.75, 3.05) is 25.6 Å². The molecule has 0 heterocycles. The van der Waals surface area contributed by atoms with Crippen LogP contribution in [0.2, 0.25) is 0 Å². The molecule has 3 nitrogen and oxygen atoms in total. The van der Waals surface area contributed by atoms with Crippen molar-refractivity contribution in [2.24, 2.45) is 0 Å². The molecule has 0 spiro atoms. The normalized spacial score (nSPS) is 10.0. The van der Waals surface area contributed by atoms with Crippen LogP contribution < -0.4 is 14.8 Å². The summed E-state index contributed by atoms with van der Waals surface area (Å²) in [6, 6.07) is 4.04. The van der Waals surface area contributed by atoms with Gasteiger partial charge in [-0.15, -0.1) is 0 Å². The van der Waals surface area contributed by atoms with Gasteiger partial charge in [-0.25, -0.2) is 0 Å². The van der Waals surface area contributed by atoms with Gasteiger partial charge < -0.3 is 14.8 Å². The largest absolute Gasteiger partial charge is 0.493 e. The molecule has 0 aliphatic carbocycles. The second-order valence-electron chi connectivity index (χ2n) is 3.42. The fourth-order valence-electron chi connectivity index (χ4n) is 1.68. The second-order valence-corrected chi connectivity index (χ2v) is 3.42. The molecule has 0 atom stereocenters. The lowest BCUT2D eigenvalue weighted by atomic mass is 10.1. The van der Waals surface area contributed by atoms with Crippen molar-refractivity contribution < 1.29 is 9.47 Å². The third-order valence-corrected chi connectivity index (χ3v) is 2.41. The number of benzene rings is 1. The van der Waals surface area contributed by atoms with Crippen LogP contribution in [-0.4, -0.2) is 20.3 Å². The number of rotatable bonds is 6. The van der Waals surface area contributed by atoms with Crippen LogP contribution in [0.5, 0.6) is 11.5 Å². The molecule has 1 aromatic rings. The Kier molecular flexibility index (Phi) is 4.96. The third kappa shape index (κ3) is 2.81. The summed E-state index contributed by atoms with van der Waals surface area (Å²) in [5.74, 6) is 1.83. The lowest BCUT2D eigenvalue weighted by molar-refractivity contribution is 0.317. The summed E-state index contributed by atoms with van der Waals surface area (Å²) < 4.78 is 11.3. The molecule has 0 saturated heterocycles. The van der Waals surface area contributed by atoms with E-state index in [1.165, 1.54) is 0 Å². The van der Waals surface area contributed by atoms with Gasteiger partial charge in [0.1, 0.15) is 11.5 Å². The Labute approximate surface area is 97.8 Å². The minimum Gasteiger partial charge on any atom is -0.493 e.